The van der Waals surface area contributed by atoms with E-state index >= 15 is 0 Å². The number of aromatic nitrogens is 2. The number of carbonyl (C=O) groups excluding carboxylic acids is 3. The van der Waals surface area contributed by atoms with Gasteiger partial charge in [0.25, 0.3) is 5.91 Å². The molecule has 3 heterocycles. The Hall–Kier alpha value is -3.36. The van der Waals surface area contributed by atoms with Crippen molar-refractivity contribution < 1.29 is 19.1 Å². The van der Waals surface area contributed by atoms with Crippen LogP contribution >= 0.6 is 0 Å². The zero-order valence-corrected chi connectivity index (χ0v) is 19.6. The molecule has 0 radical (unpaired) electrons. The standard InChI is InChI=1S/C25H31N5O4/c1-2-34-24(33)29-15-13-28(14-16-29)23(32)21-17-25(21)7-10-27(11-8-25)22(31)19-3-5-20(6-4-19)30-12-9-26-18-30/h3-6,9,12,18,21H,2,7-8,10-11,13-17H2,1H3. The van der Waals surface area contributed by atoms with Crippen molar-refractivity contribution in [2.24, 2.45) is 11.3 Å². The Kier molecular flexibility index (Phi) is 6.02. The Balaban J connectivity index is 1.11. The summed E-state index contributed by atoms with van der Waals surface area (Å²) in [6.45, 7) is 5.68. The summed E-state index contributed by atoms with van der Waals surface area (Å²) in [6.07, 6.45) is 7.66. The summed E-state index contributed by atoms with van der Waals surface area (Å²) in [7, 11) is 0. The fourth-order valence-electron chi connectivity index (χ4n) is 5.32. The molecule has 1 spiro atoms. The van der Waals surface area contributed by atoms with Crippen LogP contribution in [0.15, 0.2) is 43.0 Å². The highest BCUT2D eigenvalue weighted by molar-refractivity contribution is 5.94. The molecule has 5 rings (SSSR count). The lowest BCUT2D eigenvalue weighted by atomic mass is 9.90. The van der Waals surface area contributed by atoms with Gasteiger partial charge in [-0.25, -0.2) is 9.78 Å². The van der Waals surface area contributed by atoms with Crippen LogP contribution in [0.3, 0.4) is 0 Å². The number of ether oxygens (including phenoxy) is 1. The lowest BCUT2D eigenvalue weighted by Gasteiger charge is -2.36. The maximum Gasteiger partial charge on any atom is 0.409 e. The predicted molar refractivity (Wildman–Crippen MR) is 124 cm³/mol. The number of carbonyl (C=O) groups is 3. The molecule has 1 aromatic heterocycles. The van der Waals surface area contributed by atoms with Crippen molar-refractivity contribution in [2.45, 2.75) is 26.2 Å². The van der Waals surface area contributed by atoms with Crippen LogP contribution in [-0.2, 0) is 9.53 Å². The minimum Gasteiger partial charge on any atom is -0.450 e. The fraction of sp³-hybridized carbons (Fsp3) is 0.520. The van der Waals surface area contributed by atoms with Gasteiger partial charge in [0, 0.05) is 68.8 Å². The molecule has 1 unspecified atom stereocenters. The average Bonchev–Trinajstić information content (AvgIpc) is 3.29. The lowest BCUT2D eigenvalue weighted by Crippen LogP contribution is -2.51. The van der Waals surface area contributed by atoms with E-state index < -0.39 is 0 Å². The monoisotopic (exact) mass is 465 g/mol. The summed E-state index contributed by atoms with van der Waals surface area (Å²) in [6, 6.07) is 7.58. The van der Waals surface area contributed by atoms with Crippen LogP contribution in [-0.4, -0.2) is 88.0 Å². The second-order valence-electron chi connectivity index (χ2n) is 9.44. The number of benzene rings is 1. The van der Waals surface area contributed by atoms with Crippen molar-refractivity contribution in [2.75, 3.05) is 45.9 Å². The lowest BCUT2D eigenvalue weighted by molar-refractivity contribution is -0.135. The van der Waals surface area contributed by atoms with Gasteiger partial charge in [0.05, 0.1) is 12.9 Å². The maximum absolute atomic E-state index is 13.1. The van der Waals surface area contributed by atoms with Crippen LogP contribution in [0.2, 0.25) is 0 Å². The number of piperidine rings is 1. The first-order chi connectivity index (χ1) is 16.5. The minimum absolute atomic E-state index is 0.0391. The smallest absolute Gasteiger partial charge is 0.409 e. The molecule has 0 bridgehead atoms. The van der Waals surface area contributed by atoms with E-state index in [0.29, 0.717) is 51.4 Å². The van der Waals surface area contributed by atoms with E-state index in [9.17, 15) is 14.4 Å². The van der Waals surface area contributed by atoms with Gasteiger partial charge < -0.3 is 24.0 Å². The van der Waals surface area contributed by atoms with Gasteiger partial charge in [-0.2, -0.15) is 0 Å². The molecule has 180 valence electrons. The molecule has 3 amide bonds. The van der Waals surface area contributed by atoms with E-state index in [-0.39, 0.29) is 29.2 Å². The number of amides is 3. The third kappa shape index (κ3) is 4.26. The summed E-state index contributed by atoms with van der Waals surface area (Å²) in [5.41, 5.74) is 1.69. The molecule has 1 atom stereocenters. The average molecular weight is 466 g/mol. The zero-order valence-electron chi connectivity index (χ0n) is 19.6. The Bertz CT molecular complexity index is 1040. The van der Waals surface area contributed by atoms with Gasteiger partial charge in [-0.1, -0.05) is 0 Å². The summed E-state index contributed by atoms with van der Waals surface area (Å²) in [5.74, 6) is 0.303. The van der Waals surface area contributed by atoms with Gasteiger partial charge in [0.1, 0.15) is 0 Å². The topological polar surface area (TPSA) is 88.0 Å². The molecule has 1 aliphatic carbocycles. The van der Waals surface area contributed by atoms with Gasteiger partial charge in [0.2, 0.25) is 5.91 Å². The molecule has 2 saturated heterocycles. The highest BCUT2D eigenvalue weighted by Crippen LogP contribution is 2.60. The second-order valence-corrected chi connectivity index (χ2v) is 9.44. The van der Waals surface area contributed by atoms with Crippen LogP contribution in [0.25, 0.3) is 5.69 Å². The molecular weight excluding hydrogens is 434 g/mol. The zero-order chi connectivity index (χ0) is 23.7. The number of rotatable bonds is 4. The van der Waals surface area contributed by atoms with Crippen LogP contribution in [0.1, 0.15) is 36.5 Å². The molecule has 3 fully saturated rings. The van der Waals surface area contributed by atoms with Crippen molar-refractivity contribution in [3.05, 3.63) is 48.5 Å². The van der Waals surface area contributed by atoms with Crippen molar-refractivity contribution in [3.8, 4) is 5.69 Å². The SMILES string of the molecule is CCOC(=O)N1CCN(C(=O)C2CC23CCN(C(=O)c2ccc(-n4ccnc4)cc2)CC3)CC1. The van der Waals surface area contributed by atoms with Crippen molar-refractivity contribution in [1.82, 2.24) is 24.3 Å². The number of likely N-dealkylation sites (tertiary alicyclic amines) is 1. The summed E-state index contributed by atoms with van der Waals surface area (Å²) in [4.78, 5) is 47.5. The van der Waals surface area contributed by atoms with E-state index in [0.717, 1.165) is 24.9 Å². The third-order valence-corrected chi connectivity index (χ3v) is 7.57. The predicted octanol–water partition coefficient (Wildman–Crippen LogP) is 2.42. The first kappa shape index (κ1) is 22.4. The van der Waals surface area contributed by atoms with Crippen LogP contribution in [0, 0.1) is 11.3 Å². The molecule has 3 aliphatic rings. The minimum atomic E-state index is -0.300. The Labute approximate surface area is 199 Å². The summed E-state index contributed by atoms with van der Waals surface area (Å²) >= 11 is 0. The van der Waals surface area contributed by atoms with Gasteiger partial charge >= 0.3 is 6.09 Å². The molecule has 9 nitrogen and oxygen atoms in total. The maximum atomic E-state index is 13.1. The molecular formula is C25H31N5O4. The van der Waals surface area contributed by atoms with Gasteiger partial charge in [-0.05, 0) is 55.9 Å². The Morgan fingerprint density at radius 2 is 1.65 bits per heavy atom. The second kappa shape index (κ2) is 9.12. The van der Waals surface area contributed by atoms with Crippen molar-refractivity contribution in [1.29, 1.82) is 0 Å². The van der Waals surface area contributed by atoms with Gasteiger partial charge in [0.15, 0.2) is 0 Å². The van der Waals surface area contributed by atoms with Crippen LogP contribution < -0.4 is 0 Å². The highest BCUT2D eigenvalue weighted by Gasteiger charge is 2.59. The summed E-state index contributed by atoms with van der Waals surface area (Å²) < 4.78 is 6.96. The van der Waals surface area contributed by atoms with Crippen LogP contribution in [0.4, 0.5) is 4.79 Å². The highest BCUT2D eigenvalue weighted by atomic mass is 16.6. The molecule has 1 saturated carbocycles. The van der Waals surface area contributed by atoms with Crippen molar-refractivity contribution >= 4 is 17.9 Å². The number of piperazine rings is 1. The molecule has 9 heteroatoms. The Morgan fingerprint density at radius 3 is 2.26 bits per heavy atom. The number of hydrogen-bond donors (Lipinski definition) is 0. The molecule has 2 aliphatic heterocycles. The van der Waals surface area contributed by atoms with E-state index in [2.05, 4.69) is 4.98 Å². The molecule has 1 aromatic carbocycles. The van der Waals surface area contributed by atoms with E-state index in [1.807, 2.05) is 44.8 Å². The first-order valence-corrected chi connectivity index (χ1v) is 12.1. The third-order valence-electron chi connectivity index (χ3n) is 7.57. The largest absolute Gasteiger partial charge is 0.450 e. The van der Waals surface area contributed by atoms with E-state index in [4.69, 9.17) is 4.74 Å². The van der Waals surface area contributed by atoms with E-state index in [1.165, 1.54) is 0 Å². The van der Waals surface area contributed by atoms with Crippen molar-refractivity contribution in [3.63, 3.8) is 0 Å². The quantitative estimate of drug-likeness (QED) is 0.692. The number of nitrogens with zero attached hydrogens (tertiary/aromatic N) is 5. The van der Waals surface area contributed by atoms with Gasteiger partial charge in [-0.3, -0.25) is 9.59 Å². The fourth-order valence-corrected chi connectivity index (χ4v) is 5.32. The molecule has 34 heavy (non-hydrogen) atoms. The first-order valence-electron chi connectivity index (χ1n) is 12.1. The summed E-state index contributed by atoms with van der Waals surface area (Å²) in [5, 5.41) is 0. The van der Waals surface area contributed by atoms with E-state index in [1.54, 1.807) is 24.3 Å². The number of imidazole rings is 1. The number of hydrogen-bond acceptors (Lipinski definition) is 5. The van der Waals surface area contributed by atoms with Gasteiger partial charge in [-0.15, -0.1) is 0 Å². The van der Waals surface area contributed by atoms with Crippen LogP contribution in [0.5, 0.6) is 0 Å². The molecule has 2 aromatic rings. The Morgan fingerprint density at radius 1 is 0.971 bits per heavy atom. The normalized spacial score (nSPS) is 21.4. The molecule has 0 N–H and O–H groups in total.